The minimum atomic E-state index is -3.79. The van der Waals surface area contributed by atoms with Gasteiger partial charge in [0.25, 0.3) is 0 Å². The van der Waals surface area contributed by atoms with Crippen molar-refractivity contribution in [1.29, 1.82) is 0 Å². The van der Waals surface area contributed by atoms with Crippen molar-refractivity contribution < 1.29 is 17.9 Å². The molecular weight excluding hydrogens is 245 g/mol. The van der Waals surface area contributed by atoms with Crippen molar-refractivity contribution in [3.05, 3.63) is 30.1 Å². The van der Waals surface area contributed by atoms with Gasteiger partial charge in [0.1, 0.15) is 10.7 Å². The Morgan fingerprint density at radius 2 is 2.06 bits per heavy atom. The molecule has 0 aliphatic heterocycles. The van der Waals surface area contributed by atoms with E-state index in [0.29, 0.717) is 6.54 Å². The Morgan fingerprint density at radius 1 is 1.41 bits per heavy atom. The third-order valence-electron chi connectivity index (χ3n) is 2.21. The Kier molecular flexibility index (Phi) is 5.04. The molecular formula is C11H16FNO3S. The van der Waals surface area contributed by atoms with Gasteiger partial charge in [-0.05, 0) is 18.7 Å². The van der Waals surface area contributed by atoms with Crippen LogP contribution in [0.1, 0.15) is 6.92 Å². The van der Waals surface area contributed by atoms with Gasteiger partial charge in [-0.15, -0.1) is 0 Å². The smallest absolute Gasteiger partial charge is 0.183 e. The summed E-state index contributed by atoms with van der Waals surface area (Å²) in [7, 11) is -3.79. The van der Waals surface area contributed by atoms with E-state index in [2.05, 4.69) is 5.32 Å². The number of rotatable bonds is 6. The van der Waals surface area contributed by atoms with E-state index < -0.39 is 27.5 Å². The molecule has 0 spiro atoms. The van der Waals surface area contributed by atoms with Crippen molar-refractivity contribution >= 4 is 9.84 Å². The van der Waals surface area contributed by atoms with Gasteiger partial charge in [-0.2, -0.15) is 0 Å². The Labute approximate surface area is 100 Å². The summed E-state index contributed by atoms with van der Waals surface area (Å²) in [6.45, 7) is 2.65. The fourth-order valence-corrected chi connectivity index (χ4v) is 2.86. The standard InChI is InChI=1S/C11H16FNO3S/c1-2-13-7-9(14)8-17(15,16)11-6-4-3-5-10(11)12/h3-6,9,13-14H,2,7-8H2,1H3. The van der Waals surface area contributed by atoms with Gasteiger partial charge in [0.2, 0.25) is 0 Å². The molecule has 1 atom stereocenters. The Morgan fingerprint density at radius 3 is 2.65 bits per heavy atom. The summed E-state index contributed by atoms with van der Waals surface area (Å²) in [4.78, 5) is -0.365. The van der Waals surface area contributed by atoms with Gasteiger partial charge in [-0.25, -0.2) is 12.8 Å². The summed E-state index contributed by atoms with van der Waals surface area (Å²) in [5, 5.41) is 12.3. The summed E-state index contributed by atoms with van der Waals surface area (Å²) in [5.74, 6) is -1.27. The van der Waals surface area contributed by atoms with Crippen LogP contribution in [-0.2, 0) is 9.84 Å². The maximum Gasteiger partial charge on any atom is 0.183 e. The number of hydrogen-bond donors (Lipinski definition) is 2. The zero-order valence-electron chi connectivity index (χ0n) is 9.56. The predicted octanol–water partition coefficient (Wildman–Crippen LogP) is 0.570. The van der Waals surface area contributed by atoms with Gasteiger partial charge >= 0.3 is 0 Å². The molecule has 0 fully saturated rings. The van der Waals surface area contributed by atoms with Crippen LogP contribution >= 0.6 is 0 Å². The highest BCUT2D eigenvalue weighted by Gasteiger charge is 2.22. The molecule has 0 bridgehead atoms. The van der Waals surface area contributed by atoms with Crippen LogP contribution in [0, 0.1) is 5.82 Å². The minimum absolute atomic E-state index is 0.171. The molecule has 17 heavy (non-hydrogen) atoms. The quantitative estimate of drug-likeness (QED) is 0.785. The van der Waals surface area contributed by atoms with Crippen LogP contribution in [0.25, 0.3) is 0 Å². The first kappa shape index (κ1) is 14.1. The molecule has 0 aliphatic carbocycles. The number of aliphatic hydroxyl groups is 1. The highest BCUT2D eigenvalue weighted by Crippen LogP contribution is 2.15. The van der Waals surface area contributed by atoms with Crippen LogP contribution < -0.4 is 5.32 Å². The van der Waals surface area contributed by atoms with E-state index in [4.69, 9.17) is 0 Å². The number of halogens is 1. The van der Waals surface area contributed by atoms with E-state index in [1.165, 1.54) is 18.2 Å². The van der Waals surface area contributed by atoms with E-state index in [0.717, 1.165) is 6.07 Å². The van der Waals surface area contributed by atoms with E-state index in [9.17, 15) is 17.9 Å². The molecule has 6 heteroatoms. The van der Waals surface area contributed by atoms with E-state index in [1.807, 2.05) is 6.92 Å². The van der Waals surface area contributed by atoms with Gasteiger partial charge in [0, 0.05) is 6.54 Å². The van der Waals surface area contributed by atoms with Crippen molar-refractivity contribution in [2.75, 3.05) is 18.8 Å². The normalized spacial score (nSPS) is 13.6. The third kappa shape index (κ3) is 4.07. The van der Waals surface area contributed by atoms with Crippen molar-refractivity contribution in [3.8, 4) is 0 Å². The van der Waals surface area contributed by atoms with Crippen LogP contribution in [-0.4, -0.2) is 38.5 Å². The molecule has 0 saturated carbocycles. The molecule has 1 aromatic carbocycles. The number of nitrogens with one attached hydrogen (secondary N) is 1. The molecule has 0 saturated heterocycles. The van der Waals surface area contributed by atoms with Gasteiger partial charge in [0.15, 0.2) is 9.84 Å². The number of likely N-dealkylation sites (N-methyl/N-ethyl adjacent to an activating group) is 1. The lowest BCUT2D eigenvalue weighted by molar-refractivity contribution is 0.194. The first-order valence-corrected chi connectivity index (χ1v) is 6.98. The summed E-state index contributed by atoms with van der Waals surface area (Å²) in [5.41, 5.74) is 0. The highest BCUT2D eigenvalue weighted by atomic mass is 32.2. The molecule has 0 radical (unpaired) electrons. The molecule has 0 amide bonds. The third-order valence-corrected chi connectivity index (χ3v) is 4.04. The molecule has 1 aromatic rings. The first-order chi connectivity index (χ1) is 7.97. The first-order valence-electron chi connectivity index (χ1n) is 5.33. The molecule has 96 valence electrons. The molecule has 2 N–H and O–H groups in total. The number of aliphatic hydroxyl groups excluding tert-OH is 1. The average Bonchev–Trinajstić information content (AvgIpc) is 2.26. The molecule has 0 heterocycles. The minimum Gasteiger partial charge on any atom is -0.391 e. The zero-order chi connectivity index (χ0) is 12.9. The van der Waals surface area contributed by atoms with Crippen LogP contribution in [0.3, 0.4) is 0 Å². The van der Waals surface area contributed by atoms with Gasteiger partial charge in [0.05, 0.1) is 11.9 Å². The van der Waals surface area contributed by atoms with Crippen molar-refractivity contribution in [2.45, 2.75) is 17.9 Å². The van der Waals surface area contributed by atoms with Crippen LogP contribution in [0.15, 0.2) is 29.2 Å². The Bertz CT molecular complexity index is 462. The van der Waals surface area contributed by atoms with Crippen molar-refractivity contribution in [2.24, 2.45) is 0 Å². The lowest BCUT2D eigenvalue weighted by Crippen LogP contribution is -2.32. The van der Waals surface area contributed by atoms with Gasteiger partial charge in [-0.1, -0.05) is 19.1 Å². The lowest BCUT2D eigenvalue weighted by atomic mass is 10.3. The molecule has 0 aliphatic rings. The maximum atomic E-state index is 13.3. The second-order valence-corrected chi connectivity index (χ2v) is 5.68. The van der Waals surface area contributed by atoms with Crippen LogP contribution in [0.2, 0.25) is 0 Å². The highest BCUT2D eigenvalue weighted by molar-refractivity contribution is 7.91. The second-order valence-electron chi connectivity index (χ2n) is 3.67. The largest absolute Gasteiger partial charge is 0.391 e. The molecule has 4 nitrogen and oxygen atoms in total. The van der Waals surface area contributed by atoms with Crippen molar-refractivity contribution in [1.82, 2.24) is 5.32 Å². The fourth-order valence-electron chi connectivity index (χ4n) is 1.41. The average molecular weight is 261 g/mol. The number of benzene rings is 1. The van der Waals surface area contributed by atoms with Crippen LogP contribution in [0.5, 0.6) is 0 Å². The van der Waals surface area contributed by atoms with E-state index in [1.54, 1.807) is 0 Å². The monoisotopic (exact) mass is 261 g/mol. The topological polar surface area (TPSA) is 66.4 Å². The Balaban J connectivity index is 2.79. The predicted molar refractivity (Wildman–Crippen MR) is 63.0 cm³/mol. The summed E-state index contributed by atoms with van der Waals surface area (Å²) in [6.07, 6.45) is -1.04. The van der Waals surface area contributed by atoms with Crippen LogP contribution in [0.4, 0.5) is 4.39 Å². The maximum absolute atomic E-state index is 13.3. The number of sulfone groups is 1. The second kappa shape index (κ2) is 6.09. The summed E-state index contributed by atoms with van der Waals surface area (Å²) >= 11 is 0. The molecule has 0 aromatic heterocycles. The van der Waals surface area contributed by atoms with Crippen molar-refractivity contribution in [3.63, 3.8) is 0 Å². The molecule has 1 rings (SSSR count). The summed E-state index contributed by atoms with van der Waals surface area (Å²) in [6, 6.07) is 5.16. The Hall–Kier alpha value is -0.980. The lowest BCUT2D eigenvalue weighted by Gasteiger charge is -2.11. The van der Waals surface area contributed by atoms with E-state index in [-0.39, 0.29) is 11.4 Å². The fraction of sp³-hybridized carbons (Fsp3) is 0.455. The van der Waals surface area contributed by atoms with E-state index >= 15 is 0 Å². The SMILES string of the molecule is CCNCC(O)CS(=O)(=O)c1ccccc1F. The molecule has 1 unspecified atom stereocenters. The van der Waals surface area contributed by atoms with Gasteiger partial charge < -0.3 is 10.4 Å². The van der Waals surface area contributed by atoms with Gasteiger partial charge in [-0.3, -0.25) is 0 Å². The zero-order valence-corrected chi connectivity index (χ0v) is 10.4. The number of hydrogen-bond acceptors (Lipinski definition) is 4. The summed E-state index contributed by atoms with van der Waals surface area (Å²) < 4.78 is 36.9.